The Morgan fingerprint density at radius 2 is 2.04 bits per heavy atom. The van der Waals surface area contributed by atoms with Gasteiger partial charge in [-0.3, -0.25) is 14.5 Å². The van der Waals surface area contributed by atoms with E-state index in [9.17, 15) is 9.59 Å². The van der Waals surface area contributed by atoms with E-state index in [1.54, 1.807) is 42.5 Å². The molecular weight excluding hydrogens is 427 g/mol. The molecule has 0 radical (unpaired) electrons. The molecule has 23 heavy (non-hydrogen) atoms. The molecule has 7 heteroatoms. The highest BCUT2D eigenvalue weighted by atomic mass is 127. The Morgan fingerprint density at radius 1 is 1.26 bits per heavy atom. The summed E-state index contributed by atoms with van der Waals surface area (Å²) in [6.07, 6.45) is 1.56. The second-order valence-electron chi connectivity index (χ2n) is 4.68. The van der Waals surface area contributed by atoms with Gasteiger partial charge in [-0.15, -0.1) is 0 Å². The summed E-state index contributed by atoms with van der Waals surface area (Å²) in [5.41, 5.74) is 1.10. The second-order valence-corrected chi connectivity index (χ2v) is 6.74. The predicted octanol–water partition coefficient (Wildman–Crippen LogP) is 3.99. The van der Waals surface area contributed by atoms with Crippen LogP contribution in [0.1, 0.15) is 16.9 Å². The fourth-order valence-electron chi connectivity index (χ4n) is 2.11. The first-order valence-electron chi connectivity index (χ1n) is 6.57. The molecule has 0 spiro atoms. The summed E-state index contributed by atoms with van der Waals surface area (Å²) in [4.78, 5) is 26.0. The molecule has 0 bridgehead atoms. The molecule has 5 nitrogen and oxygen atoms in total. The van der Waals surface area contributed by atoms with Crippen molar-refractivity contribution in [2.24, 2.45) is 0 Å². The van der Waals surface area contributed by atoms with Crippen LogP contribution in [-0.2, 0) is 11.3 Å². The van der Waals surface area contributed by atoms with Crippen LogP contribution in [0.15, 0.2) is 45.7 Å². The van der Waals surface area contributed by atoms with Crippen molar-refractivity contribution in [3.05, 3.63) is 62.0 Å². The average Bonchev–Trinajstić information content (AvgIpc) is 3.06. The van der Waals surface area contributed by atoms with Crippen LogP contribution >= 0.6 is 34.4 Å². The van der Waals surface area contributed by atoms with Crippen molar-refractivity contribution >= 4 is 51.6 Å². The van der Waals surface area contributed by atoms with E-state index in [2.05, 4.69) is 6.07 Å². The van der Waals surface area contributed by atoms with Gasteiger partial charge in [0.15, 0.2) is 3.77 Å². The third-order valence-electron chi connectivity index (χ3n) is 3.21. The summed E-state index contributed by atoms with van der Waals surface area (Å²) in [5, 5.41) is 8.75. The summed E-state index contributed by atoms with van der Waals surface area (Å²) >= 11 is 2.90. The van der Waals surface area contributed by atoms with E-state index in [0.29, 0.717) is 25.6 Å². The summed E-state index contributed by atoms with van der Waals surface area (Å²) in [6, 6.07) is 12.5. The Morgan fingerprint density at radius 3 is 2.74 bits per heavy atom. The monoisotopic (exact) mass is 436 g/mol. The van der Waals surface area contributed by atoms with Gasteiger partial charge in [-0.1, -0.05) is 18.2 Å². The number of nitriles is 1. The number of hydrogen-bond donors (Lipinski definition) is 0. The van der Waals surface area contributed by atoms with E-state index in [0.717, 1.165) is 16.7 Å². The zero-order valence-corrected chi connectivity index (χ0v) is 14.6. The van der Waals surface area contributed by atoms with Crippen molar-refractivity contribution in [2.45, 2.75) is 6.54 Å². The maximum absolute atomic E-state index is 12.4. The fraction of sp³-hybridized carbons (Fsp3) is 0.0625. The van der Waals surface area contributed by atoms with Gasteiger partial charge in [0.1, 0.15) is 5.76 Å². The first-order chi connectivity index (χ1) is 11.1. The number of benzene rings is 1. The lowest BCUT2D eigenvalue weighted by molar-refractivity contribution is -0.123. The number of hydrogen-bond acceptors (Lipinski definition) is 5. The molecule has 1 aromatic heterocycles. The summed E-state index contributed by atoms with van der Waals surface area (Å²) in [5.74, 6) is 0.150. The van der Waals surface area contributed by atoms with Crippen molar-refractivity contribution in [1.29, 1.82) is 5.26 Å². The number of furan rings is 1. The molecule has 0 unspecified atom stereocenters. The molecule has 114 valence electrons. The van der Waals surface area contributed by atoms with E-state index in [-0.39, 0.29) is 17.7 Å². The Hall–Kier alpha value is -2.05. The molecule has 2 heterocycles. The number of rotatable bonds is 3. The summed E-state index contributed by atoms with van der Waals surface area (Å²) in [6.45, 7) is 0.0848. The van der Waals surface area contributed by atoms with Gasteiger partial charge in [0.25, 0.3) is 11.1 Å². The third-order valence-corrected chi connectivity index (χ3v) is 4.69. The molecule has 0 N–H and O–H groups in total. The summed E-state index contributed by atoms with van der Waals surface area (Å²) in [7, 11) is 0. The van der Waals surface area contributed by atoms with Gasteiger partial charge < -0.3 is 4.42 Å². The molecule has 3 rings (SSSR count). The van der Waals surface area contributed by atoms with Crippen molar-refractivity contribution in [2.75, 3.05) is 0 Å². The Kier molecular flexibility index (Phi) is 4.54. The Bertz CT molecular complexity index is 866. The normalized spacial score (nSPS) is 16.2. The number of amides is 2. The first-order valence-corrected chi connectivity index (χ1v) is 8.46. The smallest absolute Gasteiger partial charge is 0.293 e. The number of halogens is 1. The second kappa shape index (κ2) is 6.60. The van der Waals surface area contributed by atoms with Gasteiger partial charge in [-0.05, 0) is 58.1 Å². The third kappa shape index (κ3) is 3.33. The molecule has 2 aromatic rings. The molecule has 0 saturated carbocycles. The minimum absolute atomic E-state index is 0.0848. The first kappa shape index (κ1) is 15.8. The number of carbonyl (C=O) groups is 2. The van der Waals surface area contributed by atoms with Crippen molar-refractivity contribution in [3.63, 3.8) is 0 Å². The average molecular weight is 436 g/mol. The lowest BCUT2D eigenvalue weighted by Gasteiger charge is -2.13. The topological polar surface area (TPSA) is 74.3 Å². The molecule has 2 amide bonds. The summed E-state index contributed by atoms with van der Waals surface area (Å²) < 4.78 is 6.10. The molecule has 1 saturated heterocycles. The Balaban J connectivity index is 1.85. The fourth-order valence-corrected chi connectivity index (χ4v) is 3.36. The zero-order chi connectivity index (χ0) is 16.4. The van der Waals surface area contributed by atoms with E-state index in [4.69, 9.17) is 9.68 Å². The van der Waals surface area contributed by atoms with Crippen LogP contribution in [0.3, 0.4) is 0 Å². The molecule has 0 aliphatic carbocycles. The number of imide groups is 1. The van der Waals surface area contributed by atoms with Crippen LogP contribution < -0.4 is 0 Å². The zero-order valence-electron chi connectivity index (χ0n) is 11.7. The van der Waals surface area contributed by atoms with Crippen molar-refractivity contribution in [1.82, 2.24) is 4.90 Å². The lowest BCUT2D eigenvalue weighted by atomic mass is 10.1. The highest BCUT2D eigenvalue weighted by Crippen LogP contribution is 2.33. The van der Waals surface area contributed by atoms with Crippen LogP contribution in [-0.4, -0.2) is 16.0 Å². The van der Waals surface area contributed by atoms with Crippen molar-refractivity contribution < 1.29 is 14.0 Å². The number of carbonyl (C=O) groups excluding carboxylic acids is 2. The lowest BCUT2D eigenvalue weighted by Crippen LogP contribution is -2.27. The number of nitrogens with zero attached hydrogens (tertiary/aromatic N) is 2. The van der Waals surface area contributed by atoms with Gasteiger partial charge in [-0.25, -0.2) is 0 Å². The van der Waals surface area contributed by atoms with Gasteiger partial charge in [-0.2, -0.15) is 5.26 Å². The van der Waals surface area contributed by atoms with Gasteiger partial charge in [0.2, 0.25) is 0 Å². The van der Waals surface area contributed by atoms with E-state index in [1.165, 1.54) is 0 Å². The van der Waals surface area contributed by atoms with Gasteiger partial charge in [0, 0.05) is 6.08 Å². The Labute approximate surface area is 150 Å². The van der Waals surface area contributed by atoms with E-state index >= 15 is 0 Å². The quantitative estimate of drug-likeness (QED) is 0.538. The van der Waals surface area contributed by atoms with Crippen LogP contribution in [0, 0.1) is 15.1 Å². The largest absolute Gasteiger partial charge is 0.451 e. The van der Waals surface area contributed by atoms with Crippen LogP contribution in [0.5, 0.6) is 0 Å². The predicted molar refractivity (Wildman–Crippen MR) is 94.1 cm³/mol. The van der Waals surface area contributed by atoms with Crippen LogP contribution in [0.4, 0.5) is 4.79 Å². The van der Waals surface area contributed by atoms with E-state index < -0.39 is 0 Å². The minimum Gasteiger partial charge on any atom is -0.451 e. The van der Waals surface area contributed by atoms with Crippen LogP contribution in [0.25, 0.3) is 6.08 Å². The minimum atomic E-state index is -0.376. The van der Waals surface area contributed by atoms with E-state index in [1.807, 2.05) is 22.6 Å². The maximum Gasteiger partial charge on any atom is 0.293 e. The molecule has 0 atom stereocenters. The molecule has 1 fully saturated rings. The number of thioether (sulfide) groups is 1. The SMILES string of the molecule is N#Cc1ccccc1CN1C(=O)S/C(=C\c2ccc(I)o2)C1=O. The molecule has 1 aliphatic heterocycles. The van der Waals surface area contributed by atoms with Gasteiger partial charge in [0.05, 0.1) is 23.1 Å². The van der Waals surface area contributed by atoms with Crippen molar-refractivity contribution in [3.8, 4) is 6.07 Å². The van der Waals surface area contributed by atoms with Crippen LogP contribution in [0.2, 0.25) is 0 Å². The highest BCUT2D eigenvalue weighted by Gasteiger charge is 2.35. The molecule has 1 aromatic carbocycles. The highest BCUT2D eigenvalue weighted by molar-refractivity contribution is 14.1. The molecular formula is C16H9IN2O3S. The van der Waals surface area contributed by atoms with Gasteiger partial charge >= 0.3 is 0 Å². The maximum atomic E-state index is 12.4. The molecule has 1 aliphatic rings. The standard InChI is InChI=1S/C16H9IN2O3S/c17-14-6-5-12(22-14)7-13-15(20)19(16(21)23-13)9-11-4-2-1-3-10(11)8-18/h1-7H,9H2/b13-7-.